The van der Waals surface area contributed by atoms with Crippen LogP contribution in [0.25, 0.3) is 0 Å². The van der Waals surface area contributed by atoms with Crippen molar-refractivity contribution in [2.75, 3.05) is 19.7 Å². The maximum Gasteiger partial charge on any atom is 0.240 e. The minimum atomic E-state index is -1.37. The van der Waals surface area contributed by atoms with Crippen molar-refractivity contribution in [2.45, 2.75) is 99.2 Å². The summed E-state index contributed by atoms with van der Waals surface area (Å²) in [7, 11) is 0. The summed E-state index contributed by atoms with van der Waals surface area (Å²) in [6.07, 6.45) is 3.39. The van der Waals surface area contributed by atoms with Crippen molar-refractivity contribution < 1.29 is 29.6 Å². The van der Waals surface area contributed by atoms with Gasteiger partial charge in [-0.2, -0.15) is 0 Å². The maximum absolute atomic E-state index is 13.5. The molecule has 4 rings (SSSR count). The molecule has 1 amide bonds. The van der Waals surface area contributed by atoms with Gasteiger partial charge < -0.3 is 41.2 Å². The first-order valence-corrected chi connectivity index (χ1v) is 14.1. The standard InChI is InChI=1S/C25H43N3O6S/c1-13(2)9-14-7-8-33-22-15(10-14)12-27-18(22)24(32)28-17-6-4-3-5-16(11-26)35-25-21(31)19(29)20(30)23(17)34-25/h3-4,13-23,25,27,29-31H,5-12,26H2,1-2H3,(H,28,32)/b4-3-/t14-,15-,16-,17+,18-,19?,20?,21+,22+,23+,25?/m0/s1. The lowest BCUT2D eigenvalue weighted by Crippen LogP contribution is -2.64. The van der Waals surface area contributed by atoms with Gasteiger partial charge in [0.05, 0.1) is 12.1 Å². The van der Waals surface area contributed by atoms with E-state index in [1.165, 1.54) is 18.2 Å². The molecule has 3 fully saturated rings. The van der Waals surface area contributed by atoms with Crippen LogP contribution in [0.3, 0.4) is 0 Å². The Bertz CT molecular complexity index is 742. The summed E-state index contributed by atoms with van der Waals surface area (Å²) in [5, 5.41) is 38.3. The van der Waals surface area contributed by atoms with Crippen molar-refractivity contribution in [3.63, 3.8) is 0 Å². The largest absolute Gasteiger partial charge is 0.388 e. The van der Waals surface area contributed by atoms with Gasteiger partial charge in [0.1, 0.15) is 35.9 Å². The third kappa shape index (κ3) is 6.41. The van der Waals surface area contributed by atoms with Crippen LogP contribution in [0.1, 0.15) is 46.0 Å². The van der Waals surface area contributed by atoms with E-state index in [1.807, 2.05) is 12.2 Å². The third-order valence-corrected chi connectivity index (χ3v) is 9.26. The molecule has 0 aromatic rings. The van der Waals surface area contributed by atoms with Gasteiger partial charge in [-0.25, -0.2) is 0 Å². The first-order valence-electron chi connectivity index (χ1n) is 13.1. The molecule has 0 radical (unpaired) electrons. The molecule has 0 spiro atoms. The highest BCUT2D eigenvalue weighted by Crippen LogP contribution is 2.36. The highest BCUT2D eigenvalue weighted by Gasteiger charge is 2.49. The van der Waals surface area contributed by atoms with E-state index in [4.69, 9.17) is 15.2 Å². The summed E-state index contributed by atoms with van der Waals surface area (Å²) in [4.78, 5) is 13.5. The lowest BCUT2D eigenvalue weighted by molar-refractivity contribution is -0.205. The summed E-state index contributed by atoms with van der Waals surface area (Å²) >= 11 is 1.36. The zero-order valence-corrected chi connectivity index (χ0v) is 21.6. The van der Waals surface area contributed by atoms with Gasteiger partial charge in [-0.3, -0.25) is 4.79 Å². The monoisotopic (exact) mass is 513 g/mol. The molecule has 2 bridgehead atoms. The quantitative estimate of drug-likeness (QED) is 0.282. The van der Waals surface area contributed by atoms with E-state index in [0.29, 0.717) is 43.7 Å². The summed E-state index contributed by atoms with van der Waals surface area (Å²) in [5.74, 6) is 1.37. The van der Waals surface area contributed by atoms with Crippen LogP contribution in [0.2, 0.25) is 0 Å². The number of hydrogen-bond acceptors (Lipinski definition) is 9. The fraction of sp³-hybridized carbons (Fsp3) is 0.880. The second-order valence-corrected chi connectivity index (χ2v) is 12.4. The van der Waals surface area contributed by atoms with Crippen molar-refractivity contribution in [3.05, 3.63) is 12.2 Å². The molecule has 0 aromatic heterocycles. The molecular weight excluding hydrogens is 470 g/mol. The predicted octanol–water partition coefficient (Wildman–Crippen LogP) is 0.119. The van der Waals surface area contributed by atoms with E-state index in [1.54, 1.807) is 0 Å². The van der Waals surface area contributed by atoms with Crippen molar-refractivity contribution in [1.82, 2.24) is 10.6 Å². The van der Waals surface area contributed by atoms with Gasteiger partial charge in [0.25, 0.3) is 0 Å². The van der Waals surface area contributed by atoms with Gasteiger partial charge in [-0.1, -0.05) is 26.0 Å². The number of nitrogens with one attached hydrogen (secondary N) is 2. The fourth-order valence-corrected chi connectivity index (χ4v) is 7.25. The van der Waals surface area contributed by atoms with E-state index in [-0.39, 0.29) is 17.3 Å². The topological polar surface area (TPSA) is 146 Å². The zero-order valence-electron chi connectivity index (χ0n) is 20.8. The Kier molecular flexibility index (Phi) is 9.53. The van der Waals surface area contributed by atoms with Gasteiger partial charge in [0, 0.05) is 24.9 Å². The van der Waals surface area contributed by atoms with E-state index < -0.39 is 41.9 Å². The fourth-order valence-electron chi connectivity index (χ4n) is 6.03. The molecule has 0 aliphatic carbocycles. The van der Waals surface area contributed by atoms with Crippen LogP contribution >= 0.6 is 11.8 Å². The SMILES string of the molecule is CC(C)C[C@@H]1CCO[C@@H]2[C@H](CN[C@@H]2C(=O)N[C@@H]2C/C=C\C[C@@H](CN)SC3O[C@H]2C(O)C(O)[C@H]3O)C1. The number of aliphatic hydroxyl groups is 3. The van der Waals surface area contributed by atoms with Crippen LogP contribution in [0.5, 0.6) is 0 Å². The minimum absolute atomic E-state index is 0.0201. The van der Waals surface area contributed by atoms with Crippen molar-refractivity contribution in [3.8, 4) is 0 Å². The Labute approximate surface area is 212 Å². The van der Waals surface area contributed by atoms with E-state index in [2.05, 4.69) is 24.5 Å². The van der Waals surface area contributed by atoms with Crippen LogP contribution in [-0.4, -0.2) is 94.2 Å². The highest BCUT2D eigenvalue weighted by atomic mass is 32.2. The van der Waals surface area contributed by atoms with Crippen molar-refractivity contribution in [1.29, 1.82) is 0 Å². The Balaban J connectivity index is 1.46. The van der Waals surface area contributed by atoms with Gasteiger partial charge >= 0.3 is 0 Å². The molecule has 4 aliphatic heterocycles. The van der Waals surface area contributed by atoms with Crippen molar-refractivity contribution >= 4 is 17.7 Å². The molecule has 35 heavy (non-hydrogen) atoms. The number of fused-ring (bicyclic) bond motifs is 3. The number of carbonyl (C=O) groups is 1. The number of rotatable bonds is 5. The van der Waals surface area contributed by atoms with E-state index >= 15 is 0 Å². The number of hydrogen-bond donors (Lipinski definition) is 6. The molecule has 0 aromatic carbocycles. The second-order valence-electron chi connectivity index (χ2n) is 11.0. The molecule has 4 heterocycles. The molecule has 11 atom stereocenters. The lowest BCUT2D eigenvalue weighted by Gasteiger charge is -2.44. The smallest absolute Gasteiger partial charge is 0.240 e. The predicted molar refractivity (Wildman–Crippen MR) is 135 cm³/mol. The van der Waals surface area contributed by atoms with Gasteiger partial charge in [0.15, 0.2) is 0 Å². The van der Waals surface area contributed by atoms with Crippen LogP contribution < -0.4 is 16.4 Å². The summed E-state index contributed by atoms with van der Waals surface area (Å²) in [5.41, 5.74) is 5.13. The first-order chi connectivity index (χ1) is 16.8. The Morgan fingerprint density at radius 1 is 1.17 bits per heavy atom. The third-order valence-electron chi connectivity index (χ3n) is 7.83. The number of carbonyl (C=O) groups excluding carboxylic acids is 1. The van der Waals surface area contributed by atoms with Gasteiger partial charge in [-0.15, -0.1) is 11.8 Å². The lowest BCUT2D eigenvalue weighted by atomic mass is 9.85. The number of aliphatic hydroxyl groups excluding tert-OH is 3. The Morgan fingerprint density at radius 3 is 2.69 bits per heavy atom. The van der Waals surface area contributed by atoms with Gasteiger partial charge in [-0.05, 0) is 49.9 Å². The molecule has 9 nitrogen and oxygen atoms in total. The number of thioether (sulfide) groups is 1. The molecule has 3 saturated heterocycles. The highest BCUT2D eigenvalue weighted by molar-refractivity contribution is 8.00. The second kappa shape index (κ2) is 12.2. The molecule has 0 saturated carbocycles. The average Bonchev–Trinajstić information content (AvgIpc) is 3.11. The molecule has 7 N–H and O–H groups in total. The van der Waals surface area contributed by atoms with Crippen LogP contribution in [-0.2, 0) is 14.3 Å². The zero-order chi connectivity index (χ0) is 25.1. The van der Waals surface area contributed by atoms with Crippen molar-refractivity contribution in [2.24, 2.45) is 23.5 Å². The van der Waals surface area contributed by atoms with Gasteiger partial charge in [0.2, 0.25) is 5.91 Å². The van der Waals surface area contributed by atoms with Crippen LogP contribution in [0, 0.1) is 17.8 Å². The Morgan fingerprint density at radius 2 is 1.94 bits per heavy atom. The molecular formula is C25H43N3O6S. The Hall–Kier alpha value is -0.720. The van der Waals surface area contributed by atoms with E-state index in [0.717, 1.165) is 19.4 Å². The van der Waals surface area contributed by atoms with Crippen LogP contribution in [0.4, 0.5) is 0 Å². The average molecular weight is 514 g/mol. The molecule has 4 aliphatic rings. The molecule has 3 unspecified atom stereocenters. The first kappa shape index (κ1) is 27.3. The number of nitrogens with two attached hydrogens (primary N) is 1. The molecule has 200 valence electrons. The summed E-state index contributed by atoms with van der Waals surface area (Å²) < 4.78 is 12.3. The van der Waals surface area contributed by atoms with E-state index in [9.17, 15) is 20.1 Å². The normalized spacial score (nSPS) is 45.4. The number of ether oxygens (including phenoxy) is 2. The number of amides is 1. The summed E-state index contributed by atoms with van der Waals surface area (Å²) in [6, 6.07) is -1.03. The summed E-state index contributed by atoms with van der Waals surface area (Å²) in [6.45, 7) is 6.30. The maximum atomic E-state index is 13.5. The molecule has 10 heteroatoms. The number of allylic oxidation sites excluding steroid dienone is 1. The minimum Gasteiger partial charge on any atom is -0.388 e. The van der Waals surface area contributed by atoms with Crippen LogP contribution in [0.15, 0.2) is 12.2 Å².